The van der Waals surface area contributed by atoms with Gasteiger partial charge in [-0.2, -0.15) is 0 Å². The van der Waals surface area contributed by atoms with Crippen molar-refractivity contribution in [2.45, 2.75) is 6.42 Å². The number of halogens is 1. The zero-order chi connectivity index (χ0) is 16.5. The molecule has 2 rings (SSSR count). The van der Waals surface area contributed by atoms with E-state index in [1.165, 1.54) is 18.3 Å². The highest BCUT2D eigenvalue weighted by Gasteiger charge is 2.09. The smallest absolute Gasteiger partial charge is 0.270 e. The minimum atomic E-state index is -0.321. The number of anilines is 1. The molecule has 1 heterocycles. The standard InChI is InChI=1S/C16H19FN4O2/c1-23-11-10-20-16-19-9-7-14(21-16)15(22)18-8-6-12-4-2-3-5-13(12)17/h2-5,7,9H,6,8,10-11H2,1H3,(H,18,22)(H,19,20,21). The van der Waals surface area contributed by atoms with Crippen LogP contribution in [0.15, 0.2) is 36.5 Å². The normalized spacial score (nSPS) is 10.3. The Bertz CT molecular complexity index is 651. The van der Waals surface area contributed by atoms with Crippen LogP contribution in [0.3, 0.4) is 0 Å². The summed E-state index contributed by atoms with van der Waals surface area (Å²) in [5.74, 6) is -0.226. The van der Waals surface area contributed by atoms with Gasteiger partial charge in [-0.3, -0.25) is 4.79 Å². The number of carbonyl (C=O) groups excluding carboxylic acids is 1. The van der Waals surface area contributed by atoms with Crippen molar-refractivity contribution in [2.24, 2.45) is 0 Å². The van der Waals surface area contributed by atoms with Gasteiger partial charge in [0.25, 0.3) is 5.91 Å². The van der Waals surface area contributed by atoms with Crippen LogP contribution >= 0.6 is 0 Å². The van der Waals surface area contributed by atoms with E-state index >= 15 is 0 Å². The van der Waals surface area contributed by atoms with E-state index in [1.54, 1.807) is 25.3 Å². The fourth-order valence-electron chi connectivity index (χ4n) is 1.94. The van der Waals surface area contributed by atoms with Crippen LogP contribution in [0.25, 0.3) is 0 Å². The highest BCUT2D eigenvalue weighted by Crippen LogP contribution is 2.06. The van der Waals surface area contributed by atoms with Crippen LogP contribution in [0.4, 0.5) is 10.3 Å². The van der Waals surface area contributed by atoms with Crippen molar-refractivity contribution < 1.29 is 13.9 Å². The Balaban J connectivity index is 1.85. The summed E-state index contributed by atoms with van der Waals surface area (Å²) in [5.41, 5.74) is 0.825. The van der Waals surface area contributed by atoms with E-state index in [0.717, 1.165) is 0 Å². The van der Waals surface area contributed by atoms with Crippen molar-refractivity contribution in [1.29, 1.82) is 0 Å². The monoisotopic (exact) mass is 318 g/mol. The number of hydrogen-bond acceptors (Lipinski definition) is 5. The molecule has 0 aliphatic rings. The van der Waals surface area contributed by atoms with Crippen molar-refractivity contribution in [3.8, 4) is 0 Å². The highest BCUT2D eigenvalue weighted by molar-refractivity contribution is 5.92. The topological polar surface area (TPSA) is 76.1 Å². The van der Waals surface area contributed by atoms with Gasteiger partial charge in [-0.1, -0.05) is 18.2 Å². The summed E-state index contributed by atoms with van der Waals surface area (Å²) in [4.78, 5) is 20.2. The summed E-state index contributed by atoms with van der Waals surface area (Å²) in [6, 6.07) is 8.03. The first-order chi connectivity index (χ1) is 11.2. The maximum absolute atomic E-state index is 13.5. The molecule has 0 unspecified atom stereocenters. The van der Waals surface area contributed by atoms with Gasteiger partial charge in [0.1, 0.15) is 11.5 Å². The van der Waals surface area contributed by atoms with Gasteiger partial charge in [0, 0.05) is 26.4 Å². The van der Waals surface area contributed by atoms with E-state index in [-0.39, 0.29) is 17.4 Å². The number of carbonyl (C=O) groups is 1. The first-order valence-electron chi connectivity index (χ1n) is 7.28. The van der Waals surface area contributed by atoms with Crippen molar-refractivity contribution in [1.82, 2.24) is 15.3 Å². The van der Waals surface area contributed by atoms with Crippen LogP contribution < -0.4 is 10.6 Å². The van der Waals surface area contributed by atoms with Crippen LogP contribution in [-0.2, 0) is 11.2 Å². The molecule has 1 aromatic heterocycles. The van der Waals surface area contributed by atoms with E-state index in [2.05, 4.69) is 20.6 Å². The maximum Gasteiger partial charge on any atom is 0.270 e. The molecular formula is C16H19FN4O2. The average Bonchev–Trinajstić information content (AvgIpc) is 2.57. The number of nitrogens with zero attached hydrogens (tertiary/aromatic N) is 2. The molecule has 122 valence electrons. The number of nitrogens with one attached hydrogen (secondary N) is 2. The molecule has 0 saturated carbocycles. The molecule has 1 aromatic carbocycles. The third-order valence-electron chi connectivity index (χ3n) is 3.12. The Kier molecular flexibility index (Phi) is 6.43. The summed E-state index contributed by atoms with van der Waals surface area (Å²) in [5, 5.41) is 5.67. The quantitative estimate of drug-likeness (QED) is 0.724. The van der Waals surface area contributed by atoms with Crippen molar-refractivity contribution in [3.63, 3.8) is 0 Å². The molecule has 1 amide bonds. The lowest BCUT2D eigenvalue weighted by Gasteiger charge is -2.07. The van der Waals surface area contributed by atoms with Gasteiger partial charge in [0.05, 0.1) is 6.61 Å². The molecule has 0 radical (unpaired) electrons. The molecule has 0 aliphatic carbocycles. The van der Waals surface area contributed by atoms with E-state index in [9.17, 15) is 9.18 Å². The molecule has 23 heavy (non-hydrogen) atoms. The molecular weight excluding hydrogens is 299 g/mol. The Labute approximate surface area is 134 Å². The van der Waals surface area contributed by atoms with Crippen molar-refractivity contribution >= 4 is 11.9 Å². The molecule has 0 fully saturated rings. The molecule has 0 spiro atoms. The molecule has 2 aromatic rings. The molecule has 0 saturated heterocycles. The largest absolute Gasteiger partial charge is 0.383 e. The van der Waals surface area contributed by atoms with Crippen molar-refractivity contribution in [3.05, 3.63) is 53.6 Å². The van der Waals surface area contributed by atoms with Gasteiger partial charge in [-0.05, 0) is 24.1 Å². The number of methoxy groups -OCH3 is 1. The summed E-state index contributed by atoms with van der Waals surface area (Å²) >= 11 is 0. The Morgan fingerprint density at radius 3 is 2.87 bits per heavy atom. The Hall–Kier alpha value is -2.54. The van der Waals surface area contributed by atoms with Gasteiger partial charge in [-0.25, -0.2) is 14.4 Å². The molecule has 0 bridgehead atoms. The van der Waals surface area contributed by atoms with E-state index in [4.69, 9.17) is 4.74 Å². The summed E-state index contributed by atoms with van der Waals surface area (Å²) in [6.45, 7) is 1.40. The molecule has 0 aliphatic heterocycles. The number of benzene rings is 1. The number of hydrogen-bond donors (Lipinski definition) is 2. The van der Waals surface area contributed by atoms with Crippen LogP contribution in [-0.4, -0.2) is 42.7 Å². The van der Waals surface area contributed by atoms with Crippen LogP contribution in [0.5, 0.6) is 0 Å². The predicted octanol–water partition coefficient (Wildman–Crippen LogP) is 1.65. The number of amides is 1. The number of ether oxygens (including phenoxy) is 1. The lowest BCUT2D eigenvalue weighted by atomic mass is 10.1. The average molecular weight is 318 g/mol. The predicted molar refractivity (Wildman–Crippen MR) is 84.8 cm³/mol. The molecule has 0 atom stereocenters. The lowest BCUT2D eigenvalue weighted by Crippen LogP contribution is -2.27. The maximum atomic E-state index is 13.5. The van der Waals surface area contributed by atoms with E-state index in [0.29, 0.717) is 37.6 Å². The summed E-state index contributed by atoms with van der Waals surface area (Å²) in [6.07, 6.45) is 1.93. The summed E-state index contributed by atoms with van der Waals surface area (Å²) < 4.78 is 18.4. The van der Waals surface area contributed by atoms with Crippen molar-refractivity contribution in [2.75, 3.05) is 32.1 Å². The van der Waals surface area contributed by atoms with Gasteiger partial charge >= 0.3 is 0 Å². The van der Waals surface area contributed by atoms with E-state index < -0.39 is 0 Å². The molecule has 7 heteroatoms. The van der Waals surface area contributed by atoms with Gasteiger partial charge < -0.3 is 15.4 Å². The zero-order valence-electron chi connectivity index (χ0n) is 12.9. The van der Waals surface area contributed by atoms with Crippen LogP contribution in [0.2, 0.25) is 0 Å². The second-order valence-corrected chi connectivity index (χ2v) is 4.78. The fourth-order valence-corrected chi connectivity index (χ4v) is 1.94. The number of aromatic nitrogens is 2. The Morgan fingerprint density at radius 2 is 2.09 bits per heavy atom. The minimum Gasteiger partial charge on any atom is -0.383 e. The zero-order valence-corrected chi connectivity index (χ0v) is 12.9. The summed E-state index contributed by atoms with van der Waals surface area (Å²) in [7, 11) is 1.60. The Morgan fingerprint density at radius 1 is 1.26 bits per heavy atom. The molecule has 6 nitrogen and oxygen atoms in total. The lowest BCUT2D eigenvalue weighted by molar-refractivity contribution is 0.0949. The van der Waals surface area contributed by atoms with E-state index in [1.807, 2.05) is 0 Å². The van der Waals surface area contributed by atoms with Crippen LogP contribution in [0.1, 0.15) is 16.1 Å². The second-order valence-electron chi connectivity index (χ2n) is 4.78. The van der Waals surface area contributed by atoms with Crippen LogP contribution in [0, 0.1) is 5.82 Å². The second kappa shape index (κ2) is 8.79. The first kappa shape index (κ1) is 16.8. The SMILES string of the molecule is COCCNc1nccc(C(=O)NCCc2ccccc2F)n1. The van der Waals surface area contributed by atoms with Gasteiger partial charge in [0.2, 0.25) is 5.95 Å². The third-order valence-corrected chi connectivity index (χ3v) is 3.12. The highest BCUT2D eigenvalue weighted by atomic mass is 19.1. The fraction of sp³-hybridized carbons (Fsp3) is 0.312. The number of rotatable bonds is 8. The first-order valence-corrected chi connectivity index (χ1v) is 7.28. The van der Waals surface area contributed by atoms with Gasteiger partial charge in [-0.15, -0.1) is 0 Å². The van der Waals surface area contributed by atoms with Gasteiger partial charge in [0.15, 0.2) is 0 Å². The molecule has 2 N–H and O–H groups in total. The minimum absolute atomic E-state index is 0.258. The third kappa shape index (κ3) is 5.30.